The summed E-state index contributed by atoms with van der Waals surface area (Å²) >= 11 is 0. The van der Waals surface area contributed by atoms with Gasteiger partial charge in [0.1, 0.15) is 0 Å². The number of hydrogen-bond acceptors (Lipinski definition) is 3. The molecule has 0 unspecified atom stereocenters. The maximum Gasteiger partial charge on any atom is 0.290 e. The molecule has 0 saturated heterocycles. The molecule has 6 heteroatoms. The van der Waals surface area contributed by atoms with Crippen LogP contribution in [0.15, 0.2) is 30.7 Å². The van der Waals surface area contributed by atoms with Gasteiger partial charge in [0.05, 0.1) is 29.6 Å². The molecule has 1 aliphatic rings. The second-order valence-corrected chi connectivity index (χ2v) is 5.41. The summed E-state index contributed by atoms with van der Waals surface area (Å²) in [6.07, 6.45) is 3.61. The van der Waals surface area contributed by atoms with Crippen molar-refractivity contribution in [2.45, 2.75) is 20.0 Å². The quantitative estimate of drug-likeness (QED) is 0.738. The standard InChI is InChI=1S/C15H15N5O/c1-10-2-3-12-13(6-10)18-14(17-12)15(21)19-4-5-20-9-16-7-11(20)8-19/h2-3,6-7,9H,4-5,8H2,1H3,(H,17,18). The molecule has 1 amide bonds. The van der Waals surface area contributed by atoms with Crippen LogP contribution in [0.4, 0.5) is 0 Å². The van der Waals surface area contributed by atoms with Crippen LogP contribution in [-0.2, 0) is 13.1 Å². The number of fused-ring (bicyclic) bond motifs is 2. The number of H-pyrrole nitrogens is 1. The van der Waals surface area contributed by atoms with E-state index in [1.165, 1.54) is 0 Å². The topological polar surface area (TPSA) is 66.8 Å². The number of nitrogens with one attached hydrogen (secondary N) is 1. The van der Waals surface area contributed by atoms with Crippen LogP contribution < -0.4 is 0 Å². The maximum absolute atomic E-state index is 12.6. The van der Waals surface area contributed by atoms with Crippen LogP contribution in [0.25, 0.3) is 11.0 Å². The predicted octanol–water partition coefficient (Wildman–Crippen LogP) is 1.72. The Morgan fingerprint density at radius 1 is 1.33 bits per heavy atom. The molecule has 1 aromatic carbocycles. The molecule has 1 aliphatic heterocycles. The van der Waals surface area contributed by atoms with Gasteiger partial charge < -0.3 is 14.5 Å². The summed E-state index contributed by atoms with van der Waals surface area (Å²) in [6.45, 7) is 4.06. The van der Waals surface area contributed by atoms with Crippen molar-refractivity contribution in [2.24, 2.45) is 0 Å². The fourth-order valence-electron chi connectivity index (χ4n) is 2.73. The van der Waals surface area contributed by atoms with E-state index >= 15 is 0 Å². The number of rotatable bonds is 1. The lowest BCUT2D eigenvalue weighted by Crippen LogP contribution is -2.38. The minimum absolute atomic E-state index is 0.0590. The summed E-state index contributed by atoms with van der Waals surface area (Å²) in [4.78, 5) is 26.0. The van der Waals surface area contributed by atoms with Gasteiger partial charge >= 0.3 is 0 Å². The minimum atomic E-state index is -0.0590. The average molecular weight is 281 g/mol. The van der Waals surface area contributed by atoms with Crippen LogP contribution in [0.5, 0.6) is 0 Å². The number of nitrogens with zero attached hydrogens (tertiary/aromatic N) is 4. The van der Waals surface area contributed by atoms with Crippen LogP contribution >= 0.6 is 0 Å². The zero-order valence-corrected chi connectivity index (χ0v) is 11.7. The van der Waals surface area contributed by atoms with E-state index in [0.717, 1.165) is 28.8 Å². The summed E-state index contributed by atoms with van der Waals surface area (Å²) < 4.78 is 2.08. The van der Waals surface area contributed by atoms with E-state index in [1.54, 1.807) is 12.5 Å². The molecule has 0 bridgehead atoms. The van der Waals surface area contributed by atoms with Gasteiger partial charge in [0.2, 0.25) is 0 Å². The van der Waals surface area contributed by atoms with E-state index in [-0.39, 0.29) is 5.91 Å². The first-order valence-corrected chi connectivity index (χ1v) is 6.95. The Bertz CT molecular complexity index is 832. The lowest BCUT2D eigenvalue weighted by molar-refractivity contribution is 0.0700. The second kappa shape index (κ2) is 4.44. The Morgan fingerprint density at radius 2 is 2.24 bits per heavy atom. The summed E-state index contributed by atoms with van der Waals surface area (Å²) in [6, 6.07) is 5.94. The zero-order valence-electron chi connectivity index (χ0n) is 11.7. The van der Waals surface area contributed by atoms with Crippen molar-refractivity contribution in [3.05, 3.63) is 47.8 Å². The Hall–Kier alpha value is -2.63. The average Bonchev–Trinajstić information content (AvgIpc) is 3.11. The summed E-state index contributed by atoms with van der Waals surface area (Å²) in [5, 5.41) is 0. The molecule has 6 nitrogen and oxygen atoms in total. The van der Waals surface area contributed by atoms with Gasteiger partial charge in [0.25, 0.3) is 5.91 Å². The van der Waals surface area contributed by atoms with Crippen LogP contribution in [0.2, 0.25) is 0 Å². The van der Waals surface area contributed by atoms with Crippen molar-refractivity contribution in [3.63, 3.8) is 0 Å². The Morgan fingerprint density at radius 3 is 3.14 bits per heavy atom. The van der Waals surface area contributed by atoms with Gasteiger partial charge in [0, 0.05) is 19.3 Å². The molecule has 0 spiro atoms. The number of aromatic nitrogens is 4. The third-order valence-corrected chi connectivity index (χ3v) is 3.89. The summed E-state index contributed by atoms with van der Waals surface area (Å²) in [5.74, 6) is 0.347. The van der Waals surface area contributed by atoms with Crippen LogP contribution in [0, 0.1) is 6.92 Å². The lowest BCUT2D eigenvalue weighted by Gasteiger charge is -2.27. The number of carbonyl (C=O) groups excluding carboxylic acids is 1. The van der Waals surface area contributed by atoms with Crippen LogP contribution in [0.1, 0.15) is 21.9 Å². The monoisotopic (exact) mass is 281 g/mol. The van der Waals surface area contributed by atoms with Gasteiger partial charge in [-0.15, -0.1) is 0 Å². The van der Waals surface area contributed by atoms with Crippen LogP contribution in [-0.4, -0.2) is 36.9 Å². The molecule has 0 atom stereocenters. The number of benzene rings is 1. The van der Waals surface area contributed by atoms with E-state index in [4.69, 9.17) is 0 Å². The third kappa shape index (κ3) is 1.99. The Balaban J connectivity index is 1.64. The molecule has 0 radical (unpaired) electrons. The lowest BCUT2D eigenvalue weighted by atomic mass is 10.2. The zero-order chi connectivity index (χ0) is 14.4. The number of aromatic amines is 1. The van der Waals surface area contributed by atoms with E-state index in [1.807, 2.05) is 30.0 Å². The van der Waals surface area contributed by atoms with Crippen molar-refractivity contribution in [1.29, 1.82) is 0 Å². The van der Waals surface area contributed by atoms with Gasteiger partial charge in [0.15, 0.2) is 5.82 Å². The van der Waals surface area contributed by atoms with Gasteiger partial charge in [-0.25, -0.2) is 9.97 Å². The van der Waals surface area contributed by atoms with E-state index in [9.17, 15) is 4.79 Å². The summed E-state index contributed by atoms with van der Waals surface area (Å²) in [5.41, 5.74) is 3.93. The fraction of sp³-hybridized carbons (Fsp3) is 0.267. The number of hydrogen-bond donors (Lipinski definition) is 1. The third-order valence-electron chi connectivity index (χ3n) is 3.89. The number of imidazole rings is 2. The first kappa shape index (κ1) is 12.1. The number of carbonyl (C=O) groups is 1. The maximum atomic E-state index is 12.6. The molecular formula is C15H15N5O. The summed E-state index contributed by atoms with van der Waals surface area (Å²) in [7, 11) is 0. The normalized spacial score (nSPS) is 14.4. The van der Waals surface area contributed by atoms with E-state index in [2.05, 4.69) is 19.5 Å². The van der Waals surface area contributed by atoms with Gasteiger partial charge in [-0.05, 0) is 24.6 Å². The molecule has 3 heterocycles. The first-order valence-electron chi connectivity index (χ1n) is 6.95. The number of amides is 1. The minimum Gasteiger partial charge on any atom is -0.334 e. The SMILES string of the molecule is Cc1ccc2nc(C(=O)N3CCn4cncc4C3)[nH]c2c1. The molecule has 1 N–H and O–H groups in total. The highest BCUT2D eigenvalue weighted by molar-refractivity contribution is 5.94. The van der Waals surface area contributed by atoms with Crippen molar-refractivity contribution < 1.29 is 4.79 Å². The Kier molecular flexibility index (Phi) is 2.57. The highest BCUT2D eigenvalue weighted by atomic mass is 16.2. The van der Waals surface area contributed by atoms with Crippen molar-refractivity contribution in [3.8, 4) is 0 Å². The van der Waals surface area contributed by atoms with Gasteiger partial charge in [-0.2, -0.15) is 0 Å². The molecule has 2 aromatic heterocycles. The smallest absolute Gasteiger partial charge is 0.290 e. The van der Waals surface area contributed by atoms with Gasteiger partial charge in [-0.3, -0.25) is 4.79 Å². The molecule has 3 aromatic rings. The molecule has 21 heavy (non-hydrogen) atoms. The van der Waals surface area contributed by atoms with Gasteiger partial charge in [-0.1, -0.05) is 6.07 Å². The van der Waals surface area contributed by atoms with Crippen molar-refractivity contribution in [1.82, 2.24) is 24.4 Å². The second-order valence-electron chi connectivity index (χ2n) is 5.41. The predicted molar refractivity (Wildman–Crippen MR) is 77.8 cm³/mol. The van der Waals surface area contributed by atoms with Crippen molar-refractivity contribution >= 4 is 16.9 Å². The molecule has 106 valence electrons. The highest BCUT2D eigenvalue weighted by Gasteiger charge is 2.24. The first-order chi connectivity index (χ1) is 10.2. The van der Waals surface area contributed by atoms with Crippen LogP contribution in [0.3, 0.4) is 0 Å². The molecule has 0 aliphatic carbocycles. The van der Waals surface area contributed by atoms with E-state index in [0.29, 0.717) is 18.9 Å². The van der Waals surface area contributed by atoms with E-state index < -0.39 is 0 Å². The molecule has 4 rings (SSSR count). The Labute approximate surface area is 121 Å². The fourth-order valence-corrected chi connectivity index (χ4v) is 2.73. The van der Waals surface area contributed by atoms with Crippen molar-refractivity contribution in [2.75, 3.05) is 6.54 Å². The molecule has 0 fully saturated rings. The molecule has 0 saturated carbocycles. The molecular weight excluding hydrogens is 266 g/mol. The number of aryl methyl sites for hydroxylation is 1. The highest BCUT2D eigenvalue weighted by Crippen LogP contribution is 2.17. The largest absolute Gasteiger partial charge is 0.334 e.